The van der Waals surface area contributed by atoms with Gasteiger partial charge in [-0.2, -0.15) is 5.10 Å². The Hall–Kier alpha value is -3.28. The first-order valence-corrected chi connectivity index (χ1v) is 6.73. The van der Waals surface area contributed by atoms with Crippen molar-refractivity contribution in [1.29, 1.82) is 0 Å². The third-order valence-corrected chi connectivity index (χ3v) is 3.53. The summed E-state index contributed by atoms with van der Waals surface area (Å²) in [7, 11) is 0. The number of imidazole rings is 1. The molecule has 3 aromatic heterocycles. The van der Waals surface area contributed by atoms with E-state index in [-0.39, 0.29) is 0 Å². The molecule has 1 N–H and O–H groups in total. The fraction of sp³-hybridized carbons (Fsp3) is 0. The standard InChI is InChI=1S/C16H11N5O/c22-10-14-9-21-15(7-18-16(21)8-17-14)12-3-1-2-11(4-12)13-5-19-20-6-13/h1-10H,(H,19,20). The summed E-state index contributed by atoms with van der Waals surface area (Å²) in [5.74, 6) is 0. The lowest BCUT2D eigenvalue weighted by Crippen LogP contribution is -1.94. The number of nitrogens with zero attached hydrogens (tertiary/aromatic N) is 4. The molecule has 4 aromatic rings. The highest BCUT2D eigenvalue weighted by Gasteiger charge is 2.08. The summed E-state index contributed by atoms with van der Waals surface area (Å²) in [6.45, 7) is 0. The molecule has 0 spiro atoms. The minimum atomic E-state index is 0.373. The first-order chi connectivity index (χ1) is 10.8. The van der Waals surface area contributed by atoms with Crippen LogP contribution in [0.1, 0.15) is 10.5 Å². The summed E-state index contributed by atoms with van der Waals surface area (Å²) in [5.41, 5.74) is 5.07. The van der Waals surface area contributed by atoms with Crippen molar-refractivity contribution in [3.63, 3.8) is 0 Å². The molecular weight excluding hydrogens is 278 g/mol. The Morgan fingerprint density at radius 1 is 1.05 bits per heavy atom. The largest absolute Gasteiger partial charge is 0.296 e. The van der Waals surface area contributed by atoms with Crippen LogP contribution < -0.4 is 0 Å². The van der Waals surface area contributed by atoms with Crippen LogP contribution in [0.25, 0.3) is 28.0 Å². The molecule has 0 aliphatic carbocycles. The molecule has 0 saturated carbocycles. The average Bonchev–Trinajstić information content (AvgIpc) is 3.24. The number of carbonyl (C=O) groups excluding carboxylic acids is 1. The van der Waals surface area contributed by atoms with Crippen LogP contribution in [-0.2, 0) is 0 Å². The molecule has 22 heavy (non-hydrogen) atoms. The lowest BCUT2D eigenvalue weighted by molar-refractivity contribution is 0.111. The summed E-state index contributed by atoms with van der Waals surface area (Å²) in [6.07, 6.45) is 9.41. The Labute approximate surface area is 125 Å². The van der Waals surface area contributed by atoms with Crippen molar-refractivity contribution >= 4 is 11.9 Å². The first kappa shape index (κ1) is 12.5. The summed E-state index contributed by atoms with van der Waals surface area (Å²) in [4.78, 5) is 19.3. The lowest BCUT2D eigenvalue weighted by atomic mass is 10.0. The molecule has 0 unspecified atom stereocenters. The second-order valence-electron chi connectivity index (χ2n) is 4.87. The predicted octanol–water partition coefficient (Wildman–Crippen LogP) is 2.60. The van der Waals surface area contributed by atoms with Gasteiger partial charge in [0.1, 0.15) is 5.69 Å². The summed E-state index contributed by atoms with van der Waals surface area (Å²) >= 11 is 0. The van der Waals surface area contributed by atoms with Crippen molar-refractivity contribution in [2.45, 2.75) is 0 Å². The maximum atomic E-state index is 10.9. The number of fused-ring (bicyclic) bond motifs is 1. The monoisotopic (exact) mass is 289 g/mol. The SMILES string of the molecule is O=Cc1cn2c(-c3cccc(-c4cn[nH]c4)c3)cnc2cn1. The molecule has 6 heteroatoms. The van der Waals surface area contributed by atoms with Gasteiger partial charge in [-0.15, -0.1) is 0 Å². The van der Waals surface area contributed by atoms with Gasteiger partial charge in [-0.3, -0.25) is 14.3 Å². The van der Waals surface area contributed by atoms with E-state index < -0.39 is 0 Å². The van der Waals surface area contributed by atoms with E-state index in [4.69, 9.17) is 0 Å². The molecule has 0 amide bonds. The van der Waals surface area contributed by atoms with E-state index in [1.807, 2.05) is 28.8 Å². The summed E-state index contributed by atoms with van der Waals surface area (Å²) in [5, 5.41) is 6.79. The molecule has 0 bridgehead atoms. The van der Waals surface area contributed by atoms with E-state index in [1.54, 1.807) is 24.8 Å². The molecular formula is C16H11N5O. The number of H-pyrrole nitrogens is 1. The molecule has 3 heterocycles. The number of hydrogen-bond acceptors (Lipinski definition) is 4. The van der Waals surface area contributed by atoms with E-state index in [1.165, 1.54) is 0 Å². The number of aromatic nitrogens is 5. The Bertz CT molecular complexity index is 956. The molecule has 1 aromatic carbocycles. The van der Waals surface area contributed by atoms with Gasteiger partial charge in [0.15, 0.2) is 11.9 Å². The van der Waals surface area contributed by atoms with Crippen molar-refractivity contribution < 1.29 is 4.79 Å². The van der Waals surface area contributed by atoms with E-state index >= 15 is 0 Å². The number of nitrogens with one attached hydrogen (secondary N) is 1. The number of aldehydes is 1. The highest BCUT2D eigenvalue weighted by atomic mass is 16.1. The normalized spacial score (nSPS) is 10.9. The minimum absolute atomic E-state index is 0.373. The maximum absolute atomic E-state index is 10.9. The van der Waals surface area contributed by atoms with Crippen LogP contribution in [0.2, 0.25) is 0 Å². The fourth-order valence-corrected chi connectivity index (χ4v) is 2.45. The van der Waals surface area contributed by atoms with E-state index in [2.05, 4.69) is 26.2 Å². The maximum Gasteiger partial charge on any atom is 0.169 e. The zero-order valence-corrected chi connectivity index (χ0v) is 11.5. The number of hydrogen-bond donors (Lipinski definition) is 1. The molecule has 0 radical (unpaired) electrons. The lowest BCUT2D eigenvalue weighted by Gasteiger charge is -2.04. The Morgan fingerprint density at radius 3 is 2.77 bits per heavy atom. The van der Waals surface area contributed by atoms with Crippen LogP contribution in [0.5, 0.6) is 0 Å². The molecule has 0 fully saturated rings. The van der Waals surface area contributed by atoms with E-state index in [9.17, 15) is 4.79 Å². The van der Waals surface area contributed by atoms with Crippen LogP contribution in [-0.4, -0.2) is 30.9 Å². The van der Waals surface area contributed by atoms with Crippen LogP contribution in [0.3, 0.4) is 0 Å². The zero-order valence-electron chi connectivity index (χ0n) is 11.5. The summed E-state index contributed by atoms with van der Waals surface area (Å²) < 4.78 is 1.87. The van der Waals surface area contributed by atoms with Gasteiger partial charge in [0.2, 0.25) is 0 Å². The molecule has 6 nitrogen and oxygen atoms in total. The van der Waals surface area contributed by atoms with Crippen LogP contribution in [0.4, 0.5) is 0 Å². The second kappa shape index (κ2) is 4.92. The fourth-order valence-electron chi connectivity index (χ4n) is 2.45. The van der Waals surface area contributed by atoms with E-state index in [0.717, 1.165) is 28.7 Å². The average molecular weight is 289 g/mol. The van der Waals surface area contributed by atoms with Gasteiger partial charge in [-0.1, -0.05) is 18.2 Å². The third kappa shape index (κ3) is 1.98. The van der Waals surface area contributed by atoms with Gasteiger partial charge in [0, 0.05) is 23.5 Å². The van der Waals surface area contributed by atoms with Gasteiger partial charge in [-0.25, -0.2) is 9.97 Å². The minimum Gasteiger partial charge on any atom is -0.296 e. The highest BCUT2D eigenvalue weighted by Crippen LogP contribution is 2.26. The van der Waals surface area contributed by atoms with E-state index in [0.29, 0.717) is 11.3 Å². The third-order valence-electron chi connectivity index (χ3n) is 3.53. The molecule has 0 aliphatic heterocycles. The number of rotatable bonds is 3. The number of benzene rings is 1. The van der Waals surface area contributed by atoms with Crippen molar-refractivity contribution in [3.05, 3.63) is 60.9 Å². The Balaban J connectivity index is 1.88. The van der Waals surface area contributed by atoms with Crippen molar-refractivity contribution in [2.75, 3.05) is 0 Å². The Kier molecular flexibility index (Phi) is 2.79. The molecule has 0 aliphatic rings. The smallest absolute Gasteiger partial charge is 0.169 e. The molecule has 106 valence electrons. The van der Waals surface area contributed by atoms with Crippen LogP contribution >= 0.6 is 0 Å². The number of carbonyl (C=O) groups is 1. The van der Waals surface area contributed by atoms with Crippen molar-refractivity contribution in [1.82, 2.24) is 24.6 Å². The van der Waals surface area contributed by atoms with Gasteiger partial charge >= 0.3 is 0 Å². The predicted molar refractivity (Wildman–Crippen MR) is 81.4 cm³/mol. The number of aromatic amines is 1. The van der Waals surface area contributed by atoms with Gasteiger partial charge < -0.3 is 0 Å². The Morgan fingerprint density at radius 2 is 1.95 bits per heavy atom. The topological polar surface area (TPSA) is 75.9 Å². The zero-order chi connectivity index (χ0) is 14.9. The first-order valence-electron chi connectivity index (χ1n) is 6.73. The second-order valence-corrected chi connectivity index (χ2v) is 4.87. The van der Waals surface area contributed by atoms with Crippen LogP contribution in [0.15, 0.2) is 55.2 Å². The van der Waals surface area contributed by atoms with Crippen molar-refractivity contribution in [3.8, 4) is 22.4 Å². The van der Waals surface area contributed by atoms with Gasteiger partial charge in [0.05, 0.1) is 24.3 Å². The van der Waals surface area contributed by atoms with Crippen molar-refractivity contribution in [2.24, 2.45) is 0 Å². The van der Waals surface area contributed by atoms with Crippen LogP contribution in [0, 0.1) is 0 Å². The van der Waals surface area contributed by atoms with Gasteiger partial charge in [0.25, 0.3) is 0 Å². The highest BCUT2D eigenvalue weighted by molar-refractivity contribution is 5.74. The molecule has 4 rings (SSSR count). The quantitative estimate of drug-likeness (QED) is 0.588. The summed E-state index contributed by atoms with van der Waals surface area (Å²) in [6, 6.07) is 8.08. The van der Waals surface area contributed by atoms with Gasteiger partial charge in [-0.05, 0) is 11.6 Å². The molecule has 0 saturated heterocycles. The molecule has 0 atom stereocenters.